The monoisotopic (exact) mass is 776 g/mol. The molecule has 0 spiro atoms. The zero-order chi connectivity index (χ0) is 40.3. The summed E-state index contributed by atoms with van der Waals surface area (Å²) in [6.45, 7) is 7.26. The summed E-state index contributed by atoms with van der Waals surface area (Å²) in [4.78, 5) is 61.1. The molecule has 1 aromatic heterocycles. The molecule has 4 aromatic carbocycles. The molecule has 12 heteroatoms. The van der Waals surface area contributed by atoms with E-state index >= 15 is 0 Å². The molecule has 0 saturated heterocycles. The first kappa shape index (κ1) is 40.5. The van der Waals surface area contributed by atoms with Gasteiger partial charge >= 0.3 is 17.9 Å². The molecular formula is C45H48N2O10. The zero-order valence-electron chi connectivity index (χ0n) is 32.7. The molecule has 0 radical (unpaired) electrons. The molecule has 4 atom stereocenters. The van der Waals surface area contributed by atoms with E-state index in [1.54, 1.807) is 25.7 Å². The van der Waals surface area contributed by atoms with Crippen molar-refractivity contribution >= 4 is 51.8 Å². The number of para-hydroxylation sites is 2. The first-order chi connectivity index (χ1) is 27.7. The predicted octanol–water partition coefficient (Wildman–Crippen LogP) is 8.02. The summed E-state index contributed by atoms with van der Waals surface area (Å²) >= 11 is 0. The molecule has 0 N–H and O–H groups in total. The van der Waals surface area contributed by atoms with Crippen molar-refractivity contribution in [3.05, 3.63) is 108 Å². The number of amides is 1. The molecule has 0 saturated carbocycles. The smallest absolute Gasteiger partial charge is 0.310 e. The summed E-state index contributed by atoms with van der Waals surface area (Å²) < 4.78 is 33.2. The first-order valence-electron chi connectivity index (χ1n) is 19.4. The van der Waals surface area contributed by atoms with E-state index < -0.39 is 54.5 Å². The minimum Gasteiger partial charge on any atom is -0.466 e. The summed E-state index contributed by atoms with van der Waals surface area (Å²) in [5, 5.41) is 2.05. The fourth-order valence-corrected chi connectivity index (χ4v) is 7.23. The van der Waals surface area contributed by atoms with E-state index in [9.17, 15) is 19.2 Å². The average molecular weight is 777 g/mol. The van der Waals surface area contributed by atoms with Gasteiger partial charge in [-0.1, -0.05) is 60.7 Å². The van der Waals surface area contributed by atoms with Crippen LogP contribution in [0.3, 0.4) is 0 Å². The minimum atomic E-state index is -1.32. The van der Waals surface area contributed by atoms with Crippen molar-refractivity contribution in [1.82, 2.24) is 9.88 Å². The van der Waals surface area contributed by atoms with Crippen molar-refractivity contribution in [3.63, 3.8) is 0 Å². The maximum atomic E-state index is 14.9. The number of oxazole rings is 1. The quantitative estimate of drug-likeness (QED) is 0.0631. The number of hydrogen-bond donors (Lipinski definition) is 0. The SMILES string of the molecule is CCOC(=O)CC(C(=O)OCC)C(CC(=O)N(Cc1ccc2ccccc2c1)C(C)C(C/C=C/c1nc2ccccc2o1)c1ccc2c(c1)OCO2)C(=O)OCC. The van der Waals surface area contributed by atoms with E-state index in [-0.39, 0.29) is 39.1 Å². The van der Waals surface area contributed by atoms with Crippen LogP contribution in [0, 0.1) is 11.8 Å². The molecule has 1 amide bonds. The molecule has 0 aliphatic carbocycles. The van der Waals surface area contributed by atoms with Gasteiger partial charge in [-0.3, -0.25) is 19.2 Å². The van der Waals surface area contributed by atoms with Crippen LogP contribution in [0.25, 0.3) is 27.9 Å². The van der Waals surface area contributed by atoms with Gasteiger partial charge in [0.15, 0.2) is 17.1 Å². The van der Waals surface area contributed by atoms with Gasteiger partial charge in [0, 0.05) is 24.9 Å². The maximum absolute atomic E-state index is 14.9. The van der Waals surface area contributed by atoms with Crippen molar-refractivity contribution in [2.45, 2.75) is 65.5 Å². The average Bonchev–Trinajstić information content (AvgIpc) is 3.86. The summed E-state index contributed by atoms with van der Waals surface area (Å²) in [6, 6.07) is 26.7. The fraction of sp³-hybridized carbons (Fsp3) is 0.356. The van der Waals surface area contributed by atoms with Crippen LogP contribution in [0.5, 0.6) is 11.5 Å². The number of nitrogens with zero attached hydrogens (tertiary/aromatic N) is 2. The summed E-state index contributed by atoms with van der Waals surface area (Å²) in [6.07, 6.45) is 3.36. The van der Waals surface area contributed by atoms with Crippen molar-refractivity contribution in [3.8, 4) is 11.5 Å². The first-order valence-corrected chi connectivity index (χ1v) is 19.4. The van der Waals surface area contributed by atoms with Gasteiger partial charge in [0.2, 0.25) is 18.6 Å². The minimum absolute atomic E-state index is 0.00823. The Morgan fingerprint density at radius 1 is 0.772 bits per heavy atom. The standard InChI is InChI=1S/C45H48N2O10/c1-5-52-43(49)26-36(45(51)54-7-3)35(44(50)53-6-2)25-42(48)47(27-30-19-20-31-13-8-9-14-32(31)23-30)29(4)34(33-21-22-39-40(24-33)56-28-55-39)15-12-18-41-46-37-16-10-11-17-38(37)57-41/h8-14,16-24,29,34-36H,5-7,15,25-28H2,1-4H3/b18-12+. The lowest BCUT2D eigenvalue weighted by molar-refractivity contribution is -0.165. The Hall–Kier alpha value is -6.17. The molecular weight excluding hydrogens is 728 g/mol. The van der Waals surface area contributed by atoms with Crippen molar-refractivity contribution in [2.75, 3.05) is 26.6 Å². The van der Waals surface area contributed by atoms with Crippen LogP contribution in [-0.4, -0.2) is 66.4 Å². The Kier molecular flexibility index (Phi) is 13.6. The normalized spacial score (nSPS) is 14.2. The summed E-state index contributed by atoms with van der Waals surface area (Å²) in [5.41, 5.74) is 3.16. The van der Waals surface area contributed by atoms with Gasteiger partial charge in [0.05, 0.1) is 38.1 Å². The van der Waals surface area contributed by atoms with Gasteiger partial charge in [0.1, 0.15) is 5.52 Å². The number of benzene rings is 4. The highest BCUT2D eigenvalue weighted by Gasteiger charge is 2.41. The summed E-state index contributed by atoms with van der Waals surface area (Å²) in [5.74, 6) is -3.95. The Morgan fingerprint density at radius 3 is 2.19 bits per heavy atom. The lowest BCUT2D eigenvalue weighted by Gasteiger charge is -2.36. The fourth-order valence-electron chi connectivity index (χ4n) is 7.23. The van der Waals surface area contributed by atoms with Gasteiger partial charge in [-0.15, -0.1) is 0 Å². The molecule has 298 valence electrons. The van der Waals surface area contributed by atoms with E-state index in [1.165, 1.54) is 0 Å². The lowest BCUT2D eigenvalue weighted by atomic mass is 9.84. The Labute approximate surface area is 331 Å². The number of allylic oxidation sites excluding steroid dienone is 1. The molecule has 0 bridgehead atoms. The highest BCUT2D eigenvalue weighted by atomic mass is 16.7. The third-order valence-electron chi connectivity index (χ3n) is 10.1. The van der Waals surface area contributed by atoms with Gasteiger partial charge in [0.25, 0.3) is 0 Å². The Bertz CT molecular complexity index is 2200. The van der Waals surface area contributed by atoms with Crippen LogP contribution in [0.1, 0.15) is 69.9 Å². The molecule has 57 heavy (non-hydrogen) atoms. The predicted molar refractivity (Wildman–Crippen MR) is 213 cm³/mol. The van der Waals surface area contributed by atoms with Crippen molar-refractivity contribution < 1.29 is 47.3 Å². The maximum Gasteiger partial charge on any atom is 0.310 e. The molecule has 0 fully saturated rings. The van der Waals surface area contributed by atoms with Crippen LogP contribution < -0.4 is 9.47 Å². The van der Waals surface area contributed by atoms with Crippen LogP contribution >= 0.6 is 0 Å². The molecule has 1 aliphatic heterocycles. The van der Waals surface area contributed by atoms with E-state index in [1.807, 2.05) is 104 Å². The third-order valence-corrected chi connectivity index (χ3v) is 10.1. The third kappa shape index (κ3) is 9.99. The van der Waals surface area contributed by atoms with Crippen LogP contribution in [-0.2, 0) is 39.9 Å². The second-order valence-electron chi connectivity index (χ2n) is 13.8. The van der Waals surface area contributed by atoms with Crippen molar-refractivity contribution in [1.29, 1.82) is 0 Å². The Balaban J connectivity index is 1.39. The topological polar surface area (TPSA) is 144 Å². The number of aromatic nitrogens is 1. The van der Waals surface area contributed by atoms with Gasteiger partial charge in [-0.25, -0.2) is 4.98 Å². The molecule has 5 aromatic rings. The largest absolute Gasteiger partial charge is 0.466 e. The molecule has 4 unspecified atom stereocenters. The van der Waals surface area contributed by atoms with E-state index in [0.717, 1.165) is 27.4 Å². The number of rotatable bonds is 18. The van der Waals surface area contributed by atoms with Gasteiger partial charge in [-0.2, -0.15) is 0 Å². The molecule has 12 nitrogen and oxygen atoms in total. The van der Waals surface area contributed by atoms with Crippen LogP contribution in [0.15, 0.2) is 95.4 Å². The number of fused-ring (bicyclic) bond motifs is 3. The number of esters is 3. The van der Waals surface area contributed by atoms with Gasteiger partial charge < -0.3 is 33.0 Å². The highest BCUT2D eigenvalue weighted by molar-refractivity contribution is 5.90. The zero-order valence-corrected chi connectivity index (χ0v) is 32.7. The van der Waals surface area contributed by atoms with E-state index in [0.29, 0.717) is 29.4 Å². The second kappa shape index (κ2) is 19.1. The lowest BCUT2D eigenvalue weighted by Crippen LogP contribution is -2.44. The molecule has 1 aliphatic rings. The molecule has 6 rings (SSSR count). The van der Waals surface area contributed by atoms with E-state index in [4.69, 9.17) is 28.1 Å². The van der Waals surface area contributed by atoms with Crippen molar-refractivity contribution in [2.24, 2.45) is 11.8 Å². The van der Waals surface area contributed by atoms with Crippen LogP contribution in [0.2, 0.25) is 0 Å². The van der Waals surface area contributed by atoms with Gasteiger partial charge in [-0.05, 0) is 92.4 Å². The Morgan fingerprint density at radius 2 is 1.46 bits per heavy atom. The van der Waals surface area contributed by atoms with E-state index in [2.05, 4.69) is 4.98 Å². The number of hydrogen-bond acceptors (Lipinski definition) is 11. The summed E-state index contributed by atoms with van der Waals surface area (Å²) in [7, 11) is 0. The number of carbonyl (C=O) groups is 4. The molecule has 2 heterocycles. The highest BCUT2D eigenvalue weighted by Crippen LogP contribution is 2.38. The van der Waals surface area contributed by atoms with Crippen LogP contribution in [0.4, 0.5) is 0 Å². The second-order valence-corrected chi connectivity index (χ2v) is 13.8. The number of carbonyl (C=O) groups excluding carboxylic acids is 4. The number of ether oxygens (including phenoxy) is 5.